The maximum absolute atomic E-state index is 13.6. The number of ether oxygens (including phenoxy) is 1. The summed E-state index contributed by atoms with van der Waals surface area (Å²) < 4.78 is 18.5. The first kappa shape index (κ1) is 18.2. The van der Waals surface area contributed by atoms with E-state index in [0.29, 0.717) is 31.5 Å². The average molecular weight is 336 g/mol. The summed E-state index contributed by atoms with van der Waals surface area (Å²) in [5.74, 6) is -0.0441. The molecule has 2 rings (SSSR count). The highest BCUT2D eigenvalue weighted by atomic mass is 19.1. The molecule has 132 valence electrons. The molecule has 0 unspecified atom stereocenters. The van der Waals surface area contributed by atoms with Crippen LogP contribution in [0, 0.1) is 11.2 Å². The van der Waals surface area contributed by atoms with Crippen LogP contribution in [-0.2, 0) is 16.2 Å². The molecule has 0 spiro atoms. The summed E-state index contributed by atoms with van der Waals surface area (Å²) in [6.45, 7) is 7.31. The van der Waals surface area contributed by atoms with Crippen molar-refractivity contribution in [1.29, 1.82) is 0 Å². The number of rotatable bonds is 4. The minimum Gasteiger partial charge on any atom is -0.494 e. The summed E-state index contributed by atoms with van der Waals surface area (Å²) >= 11 is 0. The van der Waals surface area contributed by atoms with Crippen molar-refractivity contribution in [3.63, 3.8) is 0 Å². The maximum atomic E-state index is 13.6. The summed E-state index contributed by atoms with van der Waals surface area (Å²) in [4.78, 5) is 19.4. The van der Waals surface area contributed by atoms with Crippen molar-refractivity contribution in [2.45, 2.75) is 40.2 Å². The fraction of sp³-hybridized carbons (Fsp3) is 0.556. The molecule has 0 radical (unpaired) electrons. The number of hydrogen-bond donors (Lipinski definition) is 0. The van der Waals surface area contributed by atoms with Crippen LogP contribution in [-0.4, -0.2) is 36.7 Å². The number of carbonyl (C=O) groups is 1. The third-order valence-electron chi connectivity index (χ3n) is 3.91. The van der Waals surface area contributed by atoms with Crippen molar-refractivity contribution in [2.24, 2.45) is 10.6 Å². The van der Waals surface area contributed by atoms with Gasteiger partial charge in [0.2, 0.25) is 5.91 Å². The molecule has 1 aromatic rings. The summed E-state index contributed by atoms with van der Waals surface area (Å²) in [6, 6.07) is 4.69. The molecule has 0 bridgehead atoms. The number of piperidine rings is 1. The number of oxime groups is 1. The smallest absolute Gasteiger partial charge is 0.227 e. The summed E-state index contributed by atoms with van der Waals surface area (Å²) in [5, 5.41) is 4.13. The molecule has 1 heterocycles. The molecule has 5 nitrogen and oxygen atoms in total. The molecule has 6 heteroatoms. The van der Waals surface area contributed by atoms with Gasteiger partial charge in [0.1, 0.15) is 6.61 Å². The highest BCUT2D eigenvalue weighted by molar-refractivity contribution is 5.88. The van der Waals surface area contributed by atoms with Crippen LogP contribution >= 0.6 is 0 Å². The Morgan fingerprint density at radius 2 is 1.96 bits per heavy atom. The molecule has 0 N–H and O–H groups in total. The van der Waals surface area contributed by atoms with E-state index in [1.54, 1.807) is 12.1 Å². The van der Waals surface area contributed by atoms with Crippen molar-refractivity contribution < 1.29 is 18.8 Å². The van der Waals surface area contributed by atoms with Gasteiger partial charge in [0.15, 0.2) is 11.6 Å². The minimum absolute atomic E-state index is 0.163. The van der Waals surface area contributed by atoms with Crippen LogP contribution in [0.2, 0.25) is 0 Å². The molecule has 1 saturated heterocycles. The second-order valence-corrected chi connectivity index (χ2v) is 6.94. The number of amides is 1. The van der Waals surface area contributed by atoms with Crippen LogP contribution in [0.3, 0.4) is 0 Å². The van der Waals surface area contributed by atoms with Gasteiger partial charge in [-0.15, -0.1) is 0 Å². The number of benzene rings is 1. The van der Waals surface area contributed by atoms with Crippen LogP contribution in [0.15, 0.2) is 23.4 Å². The van der Waals surface area contributed by atoms with Crippen molar-refractivity contribution >= 4 is 11.6 Å². The Kier molecular flexibility index (Phi) is 5.80. The number of carbonyl (C=O) groups excluding carboxylic acids is 1. The molecule has 24 heavy (non-hydrogen) atoms. The quantitative estimate of drug-likeness (QED) is 0.792. The van der Waals surface area contributed by atoms with Gasteiger partial charge >= 0.3 is 0 Å². The van der Waals surface area contributed by atoms with Gasteiger partial charge in [-0.05, 0) is 17.7 Å². The Balaban J connectivity index is 1.82. The Hall–Kier alpha value is -2.11. The lowest BCUT2D eigenvalue weighted by Gasteiger charge is -2.32. The van der Waals surface area contributed by atoms with Gasteiger partial charge in [0, 0.05) is 31.3 Å². The third kappa shape index (κ3) is 4.69. The topological polar surface area (TPSA) is 51.1 Å². The van der Waals surface area contributed by atoms with E-state index < -0.39 is 5.82 Å². The monoisotopic (exact) mass is 336 g/mol. The molecule has 1 aliphatic heterocycles. The molecular weight excluding hydrogens is 311 g/mol. The van der Waals surface area contributed by atoms with E-state index in [1.165, 1.54) is 13.2 Å². The van der Waals surface area contributed by atoms with E-state index in [4.69, 9.17) is 9.57 Å². The molecule has 0 aromatic heterocycles. The fourth-order valence-corrected chi connectivity index (χ4v) is 2.53. The van der Waals surface area contributed by atoms with Crippen LogP contribution in [0.25, 0.3) is 0 Å². The lowest BCUT2D eigenvalue weighted by Crippen LogP contribution is -2.44. The zero-order valence-corrected chi connectivity index (χ0v) is 14.8. The number of methoxy groups -OCH3 is 1. The molecular formula is C18H25FN2O3. The van der Waals surface area contributed by atoms with E-state index in [9.17, 15) is 9.18 Å². The van der Waals surface area contributed by atoms with E-state index >= 15 is 0 Å². The Bertz CT molecular complexity index is 613. The Labute approximate surface area is 142 Å². The normalized spacial score (nSPS) is 15.2. The van der Waals surface area contributed by atoms with E-state index in [2.05, 4.69) is 5.16 Å². The van der Waals surface area contributed by atoms with Crippen LogP contribution in [0.4, 0.5) is 4.39 Å². The predicted molar refractivity (Wildman–Crippen MR) is 90.4 cm³/mol. The first-order valence-electron chi connectivity index (χ1n) is 8.11. The molecule has 1 amide bonds. The van der Waals surface area contributed by atoms with Crippen LogP contribution < -0.4 is 4.74 Å². The molecule has 0 atom stereocenters. The Morgan fingerprint density at radius 1 is 1.29 bits per heavy atom. The third-order valence-corrected chi connectivity index (χ3v) is 3.91. The lowest BCUT2D eigenvalue weighted by molar-refractivity contribution is -0.139. The second kappa shape index (κ2) is 7.64. The fourth-order valence-electron chi connectivity index (χ4n) is 2.53. The molecule has 1 aliphatic rings. The highest BCUT2D eigenvalue weighted by Crippen LogP contribution is 2.21. The number of likely N-dealkylation sites (tertiary alicyclic amines) is 1. The number of hydrogen-bond acceptors (Lipinski definition) is 4. The Morgan fingerprint density at radius 3 is 2.50 bits per heavy atom. The molecule has 1 fully saturated rings. The van der Waals surface area contributed by atoms with Crippen molar-refractivity contribution in [3.8, 4) is 5.75 Å². The standard InChI is InChI=1S/C18H25FN2O3/c1-18(2,3)17(22)21-9-7-14(8-10-21)20-24-12-13-5-6-16(23-4)15(19)11-13/h5-6,11H,7-10,12H2,1-4H3. The summed E-state index contributed by atoms with van der Waals surface area (Å²) in [6.07, 6.45) is 1.41. The van der Waals surface area contributed by atoms with Gasteiger partial charge in [-0.1, -0.05) is 32.0 Å². The predicted octanol–water partition coefficient (Wildman–Crippen LogP) is 3.38. The van der Waals surface area contributed by atoms with Crippen LogP contribution in [0.5, 0.6) is 5.75 Å². The van der Waals surface area contributed by atoms with Gasteiger partial charge in [-0.25, -0.2) is 4.39 Å². The zero-order valence-electron chi connectivity index (χ0n) is 14.8. The minimum atomic E-state index is -0.416. The first-order valence-corrected chi connectivity index (χ1v) is 8.11. The van der Waals surface area contributed by atoms with E-state index in [0.717, 1.165) is 5.71 Å². The first-order chi connectivity index (χ1) is 11.3. The van der Waals surface area contributed by atoms with Crippen molar-refractivity contribution in [1.82, 2.24) is 4.90 Å². The average Bonchev–Trinajstić information content (AvgIpc) is 2.54. The zero-order chi connectivity index (χ0) is 17.7. The maximum Gasteiger partial charge on any atom is 0.227 e. The van der Waals surface area contributed by atoms with Gasteiger partial charge < -0.3 is 14.5 Å². The van der Waals surface area contributed by atoms with E-state index in [1.807, 2.05) is 25.7 Å². The summed E-state index contributed by atoms with van der Waals surface area (Å²) in [7, 11) is 1.43. The van der Waals surface area contributed by atoms with Crippen molar-refractivity contribution in [2.75, 3.05) is 20.2 Å². The van der Waals surface area contributed by atoms with E-state index in [-0.39, 0.29) is 23.7 Å². The molecule has 0 aliphatic carbocycles. The SMILES string of the molecule is COc1ccc(CON=C2CCN(C(=O)C(C)(C)C)CC2)cc1F. The van der Waals surface area contributed by atoms with Gasteiger partial charge in [0.25, 0.3) is 0 Å². The summed E-state index contributed by atoms with van der Waals surface area (Å²) in [5.41, 5.74) is 1.27. The lowest BCUT2D eigenvalue weighted by atomic mass is 9.93. The number of nitrogens with zero attached hydrogens (tertiary/aromatic N) is 2. The van der Waals surface area contributed by atoms with Gasteiger partial charge in [0.05, 0.1) is 12.8 Å². The highest BCUT2D eigenvalue weighted by Gasteiger charge is 2.29. The molecule has 1 aromatic carbocycles. The number of halogens is 1. The van der Waals surface area contributed by atoms with Crippen molar-refractivity contribution in [3.05, 3.63) is 29.6 Å². The van der Waals surface area contributed by atoms with Crippen LogP contribution in [0.1, 0.15) is 39.2 Å². The van der Waals surface area contributed by atoms with Gasteiger partial charge in [-0.3, -0.25) is 4.79 Å². The largest absolute Gasteiger partial charge is 0.494 e. The van der Waals surface area contributed by atoms with Gasteiger partial charge in [-0.2, -0.15) is 0 Å². The second-order valence-electron chi connectivity index (χ2n) is 6.94. The molecule has 0 saturated carbocycles.